The molecule has 0 aromatic heterocycles. The number of rotatable bonds is 25. The zero-order valence-corrected chi connectivity index (χ0v) is 22.1. The van der Waals surface area contributed by atoms with Crippen molar-refractivity contribution in [3.8, 4) is 0 Å². The summed E-state index contributed by atoms with van der Waals surface area (Å²) in [5, 5.41) is 8.73. The van der Waals surface area contributed by atoms with Crippen LogP contribution in [0.1, 0.15) is 149 Å². The highest BCUT2D eigenvalue weighted by Crippen LogP contribution is 2.20. The maximum Gasteiger partial charge on any atom is 0.303 e. The maximum atomic E-state index is 13.0. The Labute approximate surface area is 205 Å². The highest BCUT2D eigenvalue weighted by atomic mass is 16.4. The van der Waals surface area contributed by atoms with E-state index in [1.165, 1.54) is 70.6 Å². The van der Waals surface area contributed by atoms with Crippen LogP contribution in [0.25, 0.3) is 0 Å². The van der Waals surface area contributed by atoms with Gasteiger partial charge in [0.25, 0.3) is 0 Å². The van der Waals surface area contributed by atoms with Crippen molar-refractivity contribution in [2.24, 2.45) is 5.73 Å². The molecule has 0 saturated heterocycles. The largest absolute Gasteiger partial charge is 0.481 e. The predicted molar refractivity (Wildman–Crippen MR) is 140 cm³/mol. The fourth-order valence-corrected chi connectivity index (χ4v) is 4.71. The zero-order valence-electron chi connectivity index (χ0n) is 22.1. The van der Waals surface area contributed by atoms with Crippen LogP contribution in [-0.2, 0) is 9.59 Å². The first-order valence-electron chi connectivity index (χ1n) is 14.3. The number of nitrogens with two attached hydrogens (primary N) is 1. The van der Waals surface area contributed by atoms with Crippen molar-refractivity contribution in [2.45, 2.75) is 155 Å². The van der Waals surface area contributed by atoms with Crippen molar-refractivity contribution >= 4 is 11.9 Å². The monoisotopic (exact) mass is 468 g/mol. The third kappa shape index (κ3) is 20.0. The van der Waals surface area contributed by atoms with Crippen LogP contribution in [0.15, 0.2) is 0 Å². The van der Waals surface area contributed by atoms with Gasteiger partial charge in [-0.25, -0.2) is 0 Å². The van der Waals surface area contributed by atoms with Gasteiger partial charge in [-0.1, -0.05) is 96.8 Å². The fraction of sp³-hybridized carbons (Fsp3) is 0.929. The van der Waals surface area contributed by atoms with Gasteiger partial charge in [0.2, 0.25) is 5.91 Å². The second-order valence-corrected chi connectivity index (χ2v) is 9.75. The Hall–Kier alpha value is -1.10. The van der Waals surface area contributed by atoms with Gasteiger partial charge in [0, 0.05) is 25.4 Å². The van der Waals surface area contributed by atoms with Crippen LogP contribution in [0, 0.1) is 0 Å². The highest BCUT2D eigenvalue weighted by molar-refractivity contribution is 5.76. The summed E-state index contributed by atoms with van der Waals surface area (Å²) in [7, 11) is 0. The van der Waals surface area contributed by atoms with E-state index in [9.17, 15) is 9.59 Å². The van der Waals surface area contributed by atoms with Crippen LogP contribution in [0.5, 0.6) is 0 Å². The minimum Gasteiger partial charge on any atom is -0.481 e. The number of carboxylic acid groups (broad SMARTS) is 1. The average Bonchev–Trinajstić information content (AvgIpc) is 2.79. The zero-order chi connectivity index (χ0) is 24.6. The van der Waals surface area contributed by atoms with Gasteiger partial charge in [0.15, 0.2) is 0 Å². The van der Waals surface area contributed by atoms with E-state index in [-0.39, 0.29) is 0 Å². The van der Waals surface area contributed by atoms with E-state index in [1.807, 2.05) is 0 Å². The normalized spacial score (nSPS) is 12.1. The lowest BCUT2D eigenvalue weighted by Crippen LogP contribution is -2.40. The minimum absolute atomic E-state index is 0.293. The highest BCUT2D eigenvalue weighted by Gasteiger charge is 2.21. The lowest BCUT2D eigenvalue weighted by molar-refractivity contribution is -0.137. The van der Waals surface area contributed by atoms with E-state index in [2.05, 4.69) is 18.7 Å². The van der Waals surface area contributed by atoms with E-state index in [1.54, 1.807) is 0 Å². The first kappa shape index (κ1) is 31.9. The molecular formula is C28H56N2O3. The molecule has 0 radical (unpaired) electrons. The summed E-state index contributed by atoms with van der Waals surface area (Å²) in [6.07, 6.45) is 23.1. The van der Waals surface area contributed by atoms with Gasteiger partial charge in [-0.15, -0.1) is 0 Å². The quantitative estimate of drug-likeness (QED) is 0.136. The molecule has 196 valence electrons. The Morgan fingerprint density at radius 1 is 0.667 bits per heavy atom. The minimum atomic E-state index is -0.688. The van der Waals surface area contributed by atoms with Gasteiger partial charge in [0.05, 0.1) is 0 Å². The Morgan fingerprint density at radius 2 is 1.12 bits per heavy atom. The molecule has 1 atom stereocenters. The van der Waals surface area contributed by atoms with Gasteiger partial charge in [-0.05, 0) is 45.6 Å². The molecule has 1 unspecified atom stereocenters. The maximum absolute atomic E-state index is 13.0. The second-order valence-electron chi connectivity index (χ2n) is 9.75. The van der Waals surface area contributed by atoms with Gasteiger partial charge in [-0.3, -0.25) is 9.59 Å². The van der Waals surface area contributed by atoms with Gasteiger partial charge in [-0.2, -0.15) is 0 Å². The number of carbonyl (C=O) groups excluding carboxylic acids is 1. The van der Waals surface area contributed by atoms with Crippen molar-refractivity contribution in [1.29, 1.82) is 0 Å². The molecule has 1 amide bonds. The fourth-order valence-electron chi connectivity index (χ4n) is 4.71. The van der Waals surface area contributed by atoms with E-state index in [0.29, 0.717) is 24.8 Å². The van der Waals surface area contributed by atoms with Crippen LogP contribution < -0.4 is 5.73 Å². The smallest absolute Gasteiger partial charge is 0.303 e. The van der Waals surface area contributed by atoms with E-state index in [4.69, 9.17) is 10.8 Å². The van der Waals surface area contributed by atoms with Gasteiger partial charge in [0.1, 0.15) is 0 Å². The Balaban J connectivity index is 4.41. The molecular weight excluding hydrogens is 412 g/mol. The van der Waals surface area contributed by atoms with Crippen LogP contribution in [0.3, 0.4) is 0 Å². The van der Waals surface area contributed by atoms with Crippen molar-refractivity contribution in [2.75, 3.05) is 13.1 Å². The topological polar surface area (TPSA) is 83.6 Å². The van der Waals surface area contributed by atoms with Crippen LogP contribution in [0.4, 0.5) is 0 Å². The molecule has 33 heavy (non-hydrogen) atoms. The molecule has 3 N–H and O–H groups in total. The molecule has 0 rings (SSSR count). The molecule has 0 saturated carbocycles. The number of hydrogen-bond donors (Lipinski definition) is 2. The van der Waals surface area contributed by atoms with Crippen LogP contribution in [-0.4, -0.2) is 41.0 Å². The molecule has 0 bridgehead atoms. The number of hydrogen-bond acceptors (Lipinski definition) is 3. The SMILES string of the molecule is CCCCCCCCC(CCCCCCCCC(=O)O)N(CC)C(=O)CCCCCCCN. The summed E-state index contributed by atoms with van der Waals surface area (Å²) in [5.74, 6) is -0.339. The first-order chi connectivity index (χ1) is 16.1. The molecule has 0 aromatic carbocycles. The lowest BCUT2D eigenvalue weighted by Gasteiger charge is -2.31. The molecule has 0 aliphatic carbocycles. The average molecular weight is 469 g/mol. The van der Waals surface area contributed by atoms with Gasteiger partial charge >= 0.3 is 5.97 Å². The second kappa shape index (κ2) is 24.0. The molecule has 0 aliphatic heterocycles. The number of amides is 1. The first-order valence-corrected chi connectivity index (χ1v) is 14.3. The van der Waals surface area contributed by atoms with Crippen molar-refractivity contribution < 1.29 is 14.7 Å². The van der Waals surface area contributed by atoms with Crippen molar-refractivity contribution in [3.05, 3.63) is 0 Å². The number of carboxylic acids is 1. The molecule has 0 heterocycles. The number of aliphatic carboxylic acids is 1. The molecule has 0 aromatic rings. The molecule has 0 aliphatic rings. The van der Waals surface area contributed by atoms with E-state index >= 15 is 0 Å². The Morgan fingerprint density at radius 3 is 1.61 bits per heavy atom. The van der Waals surface area contributed by atoms with Crippen LogP contribution in [0.2, 0.25) is 0 Å². The third-order valence-electron chi connectivity index (χ3n) is 6.77. The molecule has 0 spiro atoms. The lowest BCUT2D eigenvalue weighted by atomic mass is 9.98. The van der Waals surface area contributed by atoms with Crippen molar-refractivity contribution in [1.82, 2.24) is 4.90 Å². The standard InChI is InChI=1S/C28H56N2O3/c1-3-5-6-7-11-16-21-26(22-17-12-8-9-14-19-24-28(32)33)30(4-2)27(31)23-18-13-10-15-20-25-29/h26H,3-25,29H2,1-2H3,(H,32,33). The summed E-state index contributed by atoms with van der Waals surface area (Å²) in [6, 6.07) is 0.387. The van der Waals surface area contributed by atoms with Crippen molar-refractivity contribution in [3.63, 3.8) is 0 Å². The molecule has 5 heteroatoms. The van der Waals surface area contributed by atoms with E-state index in [0.717, 1.165) is 64.5 Å². The van der Waals surface area contributed by atoms with Crippen LogP contribution >= 0.6 is 0 Å². The summed E-state index contributed by atoms with van der Waals surface area (Å²) >= 11 is 0. The number of nitrogens with zero attached hydrogens (tertiary/aromatic N) is 1. The third-order valence-corrected chi connectivity index (χ3v) is 6.77. The Bertz CT molecular complexity index is 456. The summed E-state index contributed by atoms with van der Waals surface area (Å²) in [4.78, 5) is 25.8. The molecule has 5 nitrogen and oxygen atoms in total. The summed E-state index contributed by atoms with van der Waals surface area (Å²) in [6.45, 7) is 5.98. The molecule has 0 fully saturated rings. The van der Waals surface area contributed by atoms with Gasteiger partial charge < -0.3 is 15.7 Å². The number of unbranched alkanes of at least 4 members (excludes halogenated alkanes) is 14. The Kier molecular flexibility index (Phi) is 23.2. The predicted octanol–water partition coefficient (Wildman–Crippen LogP) is 7.46. The number of carbonyl (C=O) groups is 2. The van der Waals surface area contributed by atoms with E-state index < -0.39 is 5.97 Å². The summed E-state index contributed by atoms with van der Waals surface area (Å²) in [5.41, 5.74) is 5.57. The summed E-state index contributed by atoms with van der Waals surface area (Å²) < 4.78 is 0.